The van der Waals surface area contributed by atoms with Crippen molar-refractivity contribution in [3.63, 3.8) is 0 Å². The maximum Gasteiger partial charge on any atom is 0.126 e. The van der Waals surface area contributed by atoms with Gasteiger partial charge in [0, 0.05) is 12.0 Å². The first-order valence-electron chi connectivity index (χ1n) is 12.2. The Balaban J connectivity index is 0.00000304. The van der Waals surface area contributed by atoms with E-state index in [-0.39, 0.29) is 17.0 Å². The molecule has 0 atom stereocenters. The fourth-order valence-electron chi connectivity index (χ4n) is 4.72. The Kier molecular flexibility index (Phi) is 9.11. The van der Waals surface area contributed by atoms with Gasteiger partial charge in [0.2, 0.25) is 0 Å². The van der Waals surface area contributed by atoms with Crippen LogP contribution in [0.2, 0.25) is 0 Å². The topological polar surface area (TPSA) is 9.23 Å². The first kappa shape index (κ1) is 25.9. The maximum absolute atomic E-state index is 6.41. The van der Waals surface area contributed by atoms with Crippen LogP contribution in [0.4, 0.5) is 0 Å². The van der Waals surface area contributed by atoms with Gasteiger partial charge >= 0.3 is 0 Å². The summed E-state index contributed by atoms with van der Waals surface area (Å²) in [6, 6.07) is 52.2. The molecule has 180 valence electrons. The SMILES string of the molecule is [Br-].c1ccc(CCOc2ccccc2C[P+](c2ccccc2)(c2ccccc2)c2ccccc2)cc1. The summed E-state index contributed by atoms with van der Waals surface area (Å²) in [4.78, 5) is 0. The van der Waals surface area contributed by atoms with Crippen molar-refractivity contribution in [3.05, 3.63) is 157 Å². The van der Waals surface area contributed by atoms with Crippen molar-refractivity contribution in [2.24, 2.45) is 0 Å². The Morgan fingerprint density at radius 2 is 0.889 bits per heavy atom. The van der Waals surface area contributed by atoms with Crippen molar-refractivity contribution in [1.29, 1.82) is 0 Å². The van der Waals surface area contributed by atoms with Crippen LogP contribution in [0.1, 0.15) is 11.1 Å². The van der Waals surface area contributed by atoms with Gasteiger partial charge in [-0.05, 0) is 48.0 Å². The van der Waals surface area contributed by atoms with Crippen molar-refractivity contribution in [3.8, 4) is 5.75 Å². The lowest BCUT2D eigenvalue weighted by molar-refractivity contribution is -0.00000726. The minimum atomic E-state index is -1.97. The second-order valence-corrected chi connectivity index (χ2v) is 12.2. The first-order valence-corrected chi connectivity index (χ1v) is 14.1. The standard InChI is InChI=1S/C33H30OP.BrH/c1-5-15-28(16-6-1)25-26-34-33-24-14-13-17-29(33)27-35(30-18-7-2-8-19-30,31-20-9-3-10-21-31)32-22-11-4-12-23-32;/h1-24H,25-27H2;1H/q+1;/p-1. The van der Waals surface area contributed by atoms with E-state index in [0.717, 1.165) is 18.3 Å². The minimum absolute atomic E-state index is 0. The number of halogens is 1. The molecule has 0 unspecified atom stereocenters. The van der Waals surface area contributed by atoms with Gasteiger partial charge in [-0.1, -0.05) is 103 Å². The van der Waals surface area contributed by atoms with Crippen molar-refractivity contribution in [2.45, 2.75) is 12.6 Å². The van der Waals surface area contributed by atoms with Crippen molar-refractivity contribution >= 4 is 23.2 Å². The fraction of sp³-hybridized carbons (Fsp3) is 0.0909. The van der Waals surface area contributed by atoms with Crippen molar-refractivity contribution < 1.29 is 21.7 Å². The summed E-state index contributed by atoms with van der Waals surface area (Å²) in [5, 5.41) is 4.16. The van der Waals surface area contributed by atoms with E-state index in [1.54, 1.807) is 0 Å². The van der Waals surface area contributed by atoms with Gasteiger partial charge < -0.3 is 21.7 Å². The number of para-hydroxylation sites is 1. The number of rotatable bonds is 9. The molecule has 0 aromatic heterocycles. The van der Waals surface area contributed by atoms with E-state index in [1.165, 1.54) is 27.0 Å². The lowest BCUT2D eigenvalue weighted by Crippen LogP contribution is -3.00. The summed E-state index contributed by atoms with van der Waals surface area (Å²) >= 11 is 0. The summed E-state index contributed by atoms with van der Waals surface area (Å²) in [5.74, 6) is 0.982. The third-order valence-corrected chi connectivity index (χ3v) is 10.8. The van der Waals surface area contributed by atoms with Crippen molar-refractivity contribution in [1.82, 2.24) is 0 Å². The normalized spacial score (nSPS) is 10.9. The molecule has 36 heavy (non-hydrogen) atoms. The average Bonchev–Trinajstić information content (AvgIpc) is 2.94. The smallest absolute Gasteiger partial charge is 0.126 e. The summed E-state index contributed by atoms with van der Waals surface area (Å²) in [7, 11) is -1.97. The molecule has 5 rings (SSSR count). The minimum Gasteiger partial charge on any atom is -1.00 e. The Morgan fingerprint density at radius 1 is 0.472 bits per heavy atom. The average molecular weight is 553 g/mol. The van der Waals surface area contributed by atoms with E-state index in [4.69, 9.17) is 4.74 Å². The second kappa shape index (κ2) is 12.7. The molecule has 0 N–H and O–H groups in total. The largest absolute Gasteiger partial charge is 1.00 e. The van der Waals surface area contributed by atoms with Gasteiger partial charge in [0.25, 0.3) is 0 Å². The van der Waals surface area contributed by atoms with Gasteiger partial charge in [-0.15, -0.1) is 0 Å². The molecule has 0 aliphatic carbocycles. The summed E-state index contributed by atoms with van der Waals surface area (Å²) in [6.45, 7) is 0.661. The van der Waals surface area contributed by atoms with Crippen LogP contribution in [0.5, 0.6) is 5.75 Å². The van der Waals surface area contributed by atoms with Crippen LogP contribution in [-0.4, -0.2) is 6.61 Å². The highest BCUT2D eigenvalue weighted by atomic mass is 79.9. The van der Waals surface area contributed by atoms with Crippen LogP contribution < -0.4 is 37.6 Å². The molecular weight excluding hydrogens is 523 g/mol. The Hall–Kier alpha value is -3.19. The lowest BCUT2D eigenvalue weighted by Gasteiger charge is -2.28. The van der Waals surface area contributed by atoms with E-state index >= 15 is 0 Å². The summed E-state index contributed by atoms with van der Waals surface area (Å²) in [5.41, 5.74) is 2.55. The zero-order chi connectivity index (χ0) is 23.8. The molecule has 0 amide bonds. The van der Waals surface area contributed by atoms with Gasteiger partial charge in [0.15, 0.2) is 0 Å². The fourth-order valence-corrected chi connectivity index (χ4v) is 8.98. The first-order chi connectivity index (χ1) is 17.4. The molecular formula is C33H30BrOP. The van der Waals surface area contributed by atoms with E-state index in [9.17, 15) is 0 Å². The molecule has 0 heterocycles. The number of ether oxygens (including phenoxy) is 1. The third kappa shape index (κ3) is 5.78. The molecule has 0 fully saturated rings. The number of hydrogen-bond donors (Lipinski definition) is 0. The molecule has 0 saturated heterocycles. The van der Waals surface area contributed by atoms with Gasteiger partial charge in [-0.25, -0.2) is 0 Å². The molecule has 3 heteroatoms. The zero-order valence-corrected chi connectivity index (χ0v) is 22.7. The predicted octanol–water partition coefficient (Wildman–Crippen LogP) is 3.81. The molecule has 0 aliphatic heterocycles. The van der Waals surface area contributed by atoms with E-state index in [1.807, 2.05) is 0 Å². The highest BCUT2D eigenvalue weighted by Gasteiger charge is 2.45. The number of hydrogen-bond acceptors (Lipinski definition) is 1. The van der Waals surface area contributed by atoms with Crippen LogP contribution in [0.3, 0.4) is 0 Å². The second-order valence-electron chi connectivity index (χ2n) is 8.67. The molecule has 5 aromatic carbocycles. The maximum atomic E-state index is 6.41. The Labute approximate surface area is 225 Å². The molecule has 0 saturated carbocycles. The number of benzene rings is 5. The van der Waals surface area contributed by atoms with Crippen LogP contribution >= 0.6 is 7.26 Å². The quantitative estimate of drug-likeness (QED) is 0.253. The van der Waals surface area contributed by atoms with E-state index in [2.05, 4.69) is 146 Å². The van der Waals surface area contributed by atoms with Gasteiger partial charge in [0.1, 0.15) is 35.1 Å². The third-order valence-electron chi connectivity index (χ3n) is 6.46. The summed E-state index contributed by atoms with van der Waals surface area (Å²) in [6.07, 6.45) is 1.80. The zero-order valence-electron chi connectivity index (χ0n) is 20.2. The lowest BCUT2D eigenvalue weighted by atomic mass is 10.2. The van der Waals surface area contributed by atoms with Crippen molar-refractivity contribution in [2.75, 3.05) is 6.61 Å². The van der Waals surface area contributed by atoms with Gasteiger partial charge in [-0.3, -0.25) is 0 Å². The molecule has 0 spiro atoms. The van der Waals surface area contributed by atoms with Crippen LogP contribution in [0.25, 0.3) is 0 Å². The summed E-state index contributed by atoms with van der Waals surface area (Å²) < 4.78 is 6.41. The highest BCUT2D eigenvalue weighted by molar-refractivity contribution is 7.95. The van der Waals surface area contributed by atoms with Crippen LogP contribution in [0.15, 0.2) is 146 Å². The Bertz CT molecular complexity index is 1230. The van der Waals surface area contributed by atoms with Crippen LogP contribution in [0, 0.1) is 0 Å². The molecule has 1 nitrogen and oxygen atoms in total. The molecule has 0 aliphatic rings. The predicted molar refractivity (Wildman–Crippen MR) is 151 cm³/mol. The van der Waals surface area contributed by atoms with Gasteiger partial charge in [-0.2, -0.15) is 0 Å². The monoisotopic (exact) mass is 552 g/mol. The van der Waals surface area contributed by atoms with E-state index in [0.29, 0.717) is 6.61 Å². The molecule has 0 radical (unpaired) electrons. The van der Waals surface area contributed by atoms with E-state index < -0.39 is 7.26 Å². The molecule has 5 aromatic rings. The highest BCUT2D eigenvalue weighted by Crippen LogP contribution is 2.58. The Morgan fingerprint density at radius 3 is 1.39 bits per heavy atom. The molecule has 0 bridgehead atoms. The van der Waals surface area contributed by atoms with Gasteiger partial charge in [0.05, 0.1) is 6.61 Å². The van der Waals surface area contributed by atoms with Crippen LogP contribution in [-0.2, 0) is 12.6 Å².